The molecule has 0 saturated carbocycles. The van der Waals surface area contributed by atoms with Gasteiger partial charge < -0.3 is 0 Å². The summed E-state index contributed by atoms with van der Waals surface area (Å²) < 4.78 is 68.6. The summed E-state index contributed by atoms with van der Waals surface area (Å²) in [5, 5.41) is 4.00. The fraction of sp³-hybridized carbons (Fsp3) is 0.176. The van der Waals surface area contributed by atoms with Crippen molar-refractivity contribution >= 4 is 0 Å². The summed E-state index contributed by atoms with van der Waals surface area (Å²) in [4.78, 5) is 4.08. The minimum atomic E-state index is -3.69. The van der Waals surface area contributed by atoms with Gasteiger partial charge in [-0.2, -0.15) is 13.9 Å². The van der Waals surface area contributed by atoms with Crippen molar-refractivity contribution in [1.29, 1.82) is 0 Å². The Labute approximate surface area is 139 Å². The second-order valence-corrected chi connectivity index (χ2v) is 5.39. The third-order valence-corrected chi connectivity index (χ3v) is 3.66. The lowest BCUT2D eigenvalue weighted by atomic mass is 10.0. The lowest BCUT2D eigenvalue weighted by Crippen LogP contribution is -2.17. The summed E-state index contributed by atoms with van der Waals surface area (Å²) >= 11 is 0. The Morgan fingerprint density at radius 3 is 2.44 bits per heavy atom. The third kappa shape index (κ3) is 3.11. The number of alkyl halides is 3. The van der Waals surface area contributed by atoms with E-state index in [9.17, 15) is 22.0 Å². The maximum absolute atomic E-state index is 13.9. The fourth-order valence-corrected chi connectivity index (χ4v) is 2.47. The molecule has 0 bridgehead atoms. The van der Waals surface area contributed by atoms with Gasteiger partial charge >= 0.3 is 5.92 Å². The SMILES string of the molecule is Cn1nc(-c2ccc(F)cc2F)nc1-c1ccccc1C(F)(F)CF. The maximum atomic E-state index is 13.9. The molecule has 1 aromatic heterocycles. The molecule has 1 heterocycles. The molecule has 0 amide bonds. The lowest BCUT2D eigenvalue weighted by Gasteiger charge is -2.16. The molecule has 8 heteroatoms. The average molecular weight is 353 g/mol. The third-order valence-electron chi connectivity index (χ3n) is 3.66. The van der Waals surface area contributed by atoms with Crippen LogP contribution in [0.2, 0.25) is 0 Å². The van der Waals surface area contributed by atoms with Crippen molar-refractivity contribution in [3.63, 3.8) is 0 Å². The number of benzene rings is 2. The number of rotatable bonds is 4. The molecule has 0 radical (unpaired) electrons. The van der Waals surface area contributed by atoms with E-state index in [1.54, 1.807) is 0 Å². The molecular weight excluding hydrogens is 341 g/mol. The van der Waals surface area contributed by atoms with E-state index >= 15 is 0 Å². The van der Waals surface area contributed by atoms with Crippen LogP contribution in [0.3, 0.4) is 0 Å². The molecule has 0 N–H and O–H groups in total. The average Bonchev–Trinajstić information content (AvgIpc) is 2.96. The molecular formula is C17H12F5N3. The van der Waals surface area contributed by atoms with Crippen molar-refractivity contribution in [2.75, 3.05) is 6.67 Å². The molecule has 0 spiro atoms. The van der Waals surface area contributed by atoms with Gasteiger partial charge in [-0.1, -0.05) is 24.3 Å². The molecule has 0 unspecified atom stereocenters. The first-order valence-electron chi connectivity index (χ1n) is 7.23. The van der Waals surface area contributed by atoms with Crippen LogP contribution >= 0.6 is 0 Å². The first-order chi connectivity index (χ1) is 11.8. The molecule has 0 aliphatic heterocycles. The molecule has 0 atom stereocenters. The van der Waals surface area contributed by atoms with Gasteiger partial charge in [-0.3, -0.25) is 0 Å². The quantitative estimate of drug-likeness (QED) is 0.647. The molecule has 0 fully saturated rings. The zero-order valence-electron chi connectivity index (χ0n) is 13.0. The maximum Gasteiger partial charge on any atom is 0.301 e. The van der Waals surface area contributed by atoms with Crippen molar-refractivity contribution < 1.29 is 22.0 Å². The van der Waals surface area contributed by atoms with Gasteiger partial charge in [0.15, 0.2) is 18.3 Å². The van der Waals surface area contributed by atoms with Crippen LogP contribution in [0.1, 0.15) is 5.56 Å². The van der Waals surface area contributed by atoms with Gasteiger partial charge in [-0.25, -0.2) is 22.8 Å². The second-order valence-electron chi connectivity index (χ2n) is 5.39. The number of hydrogen-bond donors (Lipinski definition) is 0. The molecule has 0 saturated heterocycles. The van der Waals surface area contributed by atoms with Crippen LogP contribution in [0.25, 0.3) is 22.8 Å². The number of nitrogens with zero attached hydrogens (tertiary/aromatic N) is 3. The zero-order chi connectivity index (χ0) is 18.2. The van der Waals surface area contributed by atoms with E-state index in [4.69, 9.17) is 0 Å². The number of aryl methyl sites for hydroxylation is 1. The molecule has 3 nitrogen and oxygen atoms in total. The largest absolute Gasteiger partial charge is 0.301 e. The van der Waals surface area contributed by atoms with E-state index in [0.29, 0.717) is 6.07 Å². The van der Waals surface area contributed by atoms with Crippen molar-refractivity contribution in [2.45, 2.75) is 5.92 Å². The van der Waals surface area contributed by atoms with Gasteiger partial charge in [0.1, 0.15) is 11.6 Å². The Morgan fingerprint density at radius 2 is 1.76 bits per heavy atom. The predicted molar refractivity (Wildman–Crippen MR) is 81.7 cm³/mol. The van der Waals surface area contributed by atoms with E-state index in [1.807, 2.05) is 0 Å². The van der Waals surface area contributed by atoms with Crippen LogP contribution in [-0.4, -0.2) is 21.4 Å². The van der Waals surface area contributed by atoms with Gasteiger partial charge in [0.2, 0.25) is 0 Å². The van der Waals surface area contributed by atoms with Crippen LogP contribution in [0, 0.1) is 11.6 Å². The lowest BCUT2D eigenvalue weighted by molar-refractivity contribution is -0.0275. The molecule has 3 aromatic rings. The Hall–Kier alpha value is -2.77. The van der Waals surface area contributed by atoms with E-state index < -0.39 is 29.8 Å². The molecule has 0 aliphatic carbocycles. The Bertz CT molecular complexity index is 920. The highest BCUT2D eigenvalue weighted by molar-refractivity contribution is 5.65. The summed E-state index contributed by atoms with van der Waals surface area (Å²) in [6.45, 7) is -1.86. The fourth-order valence-electron chi connectivity index (χ4n) is 2.47. The summed E-state index contributed by atoms with van der Waals surface area (Å²) in [7, 11) is 1.44. The summed E-state index contributed by atoms with van der Waals surface area (Å²) in [6, 6.07) is 8.19. The second kappa shape index (κ2) is 6.27. The van der Waals surface area contributed by atoms with Crippen LogP contribution < -0.4 is 0 Å². The Balaban J connectivity index is 2.14. The van der Waals surface area contributed by atoms with Crippen molar-refractivity contribution in [1.82, 2.24) is 14.8 Å². The Kier molecular flexibility index (Phi) is 4.28. The van der Waals surface area contributed by atoms with E-state index in [1.165, 1.54) is 29.9 Å². The predicted octanol–water partition coefficient (Wildman–Crippen LogP) is 4.49. The van der Waals surface area contributed by atoms with Gasteiger partial charge in [-0.05, 0) is 12.1 Å². The molecule has 25 heavy (non-hydrogen) atoms. The smallest absolute Gasteiger partial charge is 0.248 e. The van der Waals surface area contributed by atoms with Crippen molar-refractivity contribution in [3.05, 3.63) is 59.7 Å². The van der Waals surface area contributed by atoms with Gasteiger partial charge in [-0.15, -0.1) is 0 Å². The first kappa shape index (κ1) is 17.1. The summed E-state index contributed by atoms with van der Waals surface area (Å²) in [5.74, 6) is -5.40. The van der Waals surface area contributed by atoms with Crippen LogP contribution in [-0.2, 0) is 13.0 Å². The zero-order valence-corrected chi connectivity index (χ0v) is 13.0. The highest BCUT2D eigenvalue weighted by Crippen LogP contribution is 2.36. The van der Waals surface area contributed by atoms with Crippen LogP contribution in [0.15, 0.2) is 42.5 Å². The van der Waals surface area contributed by atoms with E-state index in [-0.39, 0.29) is 22.8 Å². The topological polar surface area (TPSA) is 30.7 Å². The molecule has 130 valence electrons. The van der Waals surface area contributed by atoms with Crippen molar-refractivity contribution in [2.24, 2.45) is 7.05 Å². The number of aromatic nitrogens is 3. The minimum absolute atomic E-state index is 0.0162. The number of halogens is 5. The van der Waals surface area contributed by atoms with Gasteiger partial charge in [0, 0.05) is 24.2 Å². The number of hydrogen-bond acceptors (Lipinski definition) is 2. The highest BCUT2D eigenvalue weighted by atomic mass is 19.3. The van der Waals surface area contributed by atoms with Gasteiger partial charge in [0.05, 0.1) is 5.56 Å². The normalized spacial score (nSPS) is 11.8. The molecule has 2 aromatic carbocycles. The standard InChI is InChI=1S/C17H12F5N3/c1-25-16(11-4-2-3-5-13(11)17(21,22)9-18)23-15(24-25)12-7-6-10(19)8-14(12)20/h2-8H,9H2,1H3. The van der Waals surface area contributed by atoms with E-state index in [0.717, 1.165) is 18.2 Å². The molecule has 0 aliphatic rings. The van der Waals surface area contributed by atoms with E-state index in [2.05, 4.69) is 10.1 Å². The van der Waals surface area contributed by atoms with Crippen molar-refractivity contribution in [3.8, 4) is 22.8 Å². The van der Waals surface area contributed by atoms with Crippen LogP contribution in [0.5, 0.6) is 0 Å². The molecule has 3 rings (SSSR count). The monoisotopic (exact) mass is 353 g/mol. The highest BCUT2D eigenvalue weighted by Gasteiger charge is 2.35. The van der Waals surface area contributed by atoms with Crippen LogP contribution in [0.4, 0.5) is 22.0 Å². The minimum Gasteiger partial charge on any atom is -0.248 e. The first-order valence-corrected chi connectivity index (χ1v) is 7.23. The Morgan fingerprint density at radius 1 is 1.04 bits per heavy atom. The van der Waals surface area contributed by atoms with Gasteiger partial charge in [0.25, 0.3) is 0 Å². The summed E-state index contributed by atoms with van der Waals surface area (Å²) in [5.41, 5.74) is -0.633. The summed E-state index contributed by atoms with van der Waals surface area (Å²) in [6.07, 6.45) is 0.